The lowest BCUT2D eigenvalue weighted by molar-refractivity contribution is -0.122. The van der Waals surface area contributed by atoms with E-state index in [2.05, 4.69) is 24.5 Å². The molecule has 0 aromatic carbocycles. The van der Waals surface area contributed by atoms with Crippen LogP contribution >= 0.6 is 12.4 Å². The third-order valence-electron chi connectivity index (χ3n) is 2.97. The van der Waals surface area contributed by atoms with Crippen molar-refractivity contribution >= 4 is 18.3 Å². The van der Waals surface area contributed by atoms with Gasteiger partial charge < -0.3 is 15.4 Å². The number of hydrogen-bond acceptors (Lipinski definition) is 3. The zero-order valence-electron chi connectivity index (χ0n) is 11.0. The number of nitrogens with one attached hydrogen (secondary N) is 2. The maximum Gasteiger partial charge on any atom is 0.220 e. The van der Waals surface area contributed by atoms with Crippen LogP contribution < -0.4 is 10.6 Å². The zero-order chi connectivity index (χ0) is 12.0. The van der Waals surface area contributed by atoms with E-state index in [0.29, 0.717) is 25.5 Å². The average molecular weight is 265 g/mol. The normalized spacial score (nSPS) is 23.5. The zero-order valence-corrected chi connectivity index (χ0v) is 11.9. The Hall–Kier alpha value is -0.320. The molecule has 1 unspecified atom stereocenters. The molecule has 5 heteroatoms. The molecule has 1 saturated heterocycles. The van der Waals surface area contributed by atoms with Gasteiger partial charge in [-0.05, 0) is 25.3 Å². The quantitative estimate of drug-likeness (QED) is 0.761. The van der Waals surface area contributed by atoms with Gasteiger partial charge >= 0.3 is 0 Å². The van der Waals surface area contributed by atoms with Crippen molar-refractivity contribution in [2.24, 2.45) is 5.92 Å². The summed E-state index contributed by atoms with van der Waals surface area (Å²) in [4.78, 5) is 11.6. The summed E-state index contributed by atoms with van der Waals surface area (Å²) >= 11 is 0. The number of amides is 1. The second-order valence-corrected chi connectivity index (χ2v) is 5.12. The highest BCUT2D eigenvalue weighted by Crippen LogP contribution is 2.18. The molecule has 1 aliphatic rings. The molecule has 0 spiro atoms. The van der Waals surface area contributed by atoms with Gasteiger partial charge in [0.25, 0.3) is 0 Å². The molecule has 0 bridgehead atoms. The third kappa shape index (κ3) is 5.70. The molecule has 1 rings (SSSR count). The summed E-state index contributed by atoms with van der Waals surface area (Å²) in [5.41, 5.74) is -0.0403. The Labute approximate surface area is 110 Å². The molecule has 0 aromatic rings. The predicted octanol–water partition coefficient (Wildman–Crippen LogP) is 1.34. The lowest BCUT2D eigenvalue weighted by atomic mass is 9.98. The van der Waals surface area contributed by atoms with Crippen LogP contribution in [0.1, 0.15) is 33.1 Å². The molecule has 1 atom stereocenters. The van der Waals surface area contributed by atoms with E-state index in [1.807, 2.05) is 0 Å². The van der Waals surface area contributed by atoms with Crippen molar-refractivity contribution in [3.05, 3.63) is 0 Å². The lowest BCUT2D eigenvalue weighted by Gasteiger charge is -2.29. The molecule has 102 valence electrons. The Kier molecular flexibility index (Phi) is 7.75. The number of ether oxygens (including phenoxy) is 1. The van der Waals surface area contributed by atoms with Crippen molar-refractivity contribution in [2.75, 3.05) is 26.8 Å². The van der Waals surface area contributed by atoms with E-state index in [4.69, 9.17) is 4.74 Å². The Balaban J connectivity index is 0.00000256. The molecule has 1 aliphatic heterocycles. The van der Waals surface area contributed by atoms with Gasteiger partial charge in [-0.1, -0.05) is 13.8 Å². The monoisotopic (exact) mass is 264 g/mol. The van der Waals surface area contributed by atoms with E-state index in [1.54, 1.807) is 7.11 Å². The summed E-state index contributed by atoms with van der Waals surface area (Å²) in [5, 5.41) is 6.44. The summed E-state index contributed by atoms with van der Waals surface area (Å²) in [6.45, 7) is 6.46. The van der Waals surface area contributed by atoms with E-state index in [-0.39, 0.29) is 23.9 Å². The molecule has 0 aromatic heterocycles. The lowest BCUT2D eigenvalue weighted by Crippen LogP contribution is -2.53. The van der Waals surface area contributed by atoms with Crippen molar-refractivity contribution in [2.45, 2.75) is 38.6 Å². The summed E-state index contributed by atoms with van der Waals surface area (Å²) in [6.07, 6.45) is 2.83. The molecule has 0 aliphatic carbocycles. The minimum atomic E-state index is -0.0403. The van der Waals surface area contributed by atoms with Gasteiger partial charge in [0.05, 0.1) is 12.1 Å². The molecule has 1 amide bonds. The summed E-state index contributed by atoms with van der Waals surface area (Å²) in [7, 11) is 1.71. The van der Waals surface area contributed by atoms with Gasteiger partial charge in [0.2, 0.25) is 5.91 Å². The van der Waals surface area contributed by atoms with Gasteiger partial charge in [-0.15, -0.1) is 12.4 Å². The number of carbonyl (C=O) groups excluding carboxylic acids is 1. The molecule has 2 N–H and O–H groups in total. The SMILES string of the molecule is COCC1(CNC(=O)CC(C)C)CCCN1.Cl. The van der Waals surface area contributed by atoms with E-state index in [9.17, 15) is 4.79 Å². The predicted molar refractivity (Wildman–Crippen MR) is 71.6 cm³/mol. The van der Waals surface area contributed by atoms with Crippen LogP contribution in [0, 0.1) is 5.92 Å². The van der Waals surface area contributed by atoms with Gasteiger partial charge in [-0.2, -0.15) is 0 Å². The standard InChI is InChI=1S/C12H24N2O2.ClH/c1-10(2)7-11(15)13-8-12(9-16-3)5-4-6-14-12;/h10,14H,4-9H2,1-3H3,(H,13,15);1H. The molecule has 1 heterocycles. The maximum atomic E-state index is 11.6. The average Bonchev–Trinajstić information content (AvgIpc) is 2.64. The minimum Gasteiger partial charge on any atom is -0.383 e. The number of hydrogen-bond donors (Lipinski definition) is 2. The Morgan fingerprint density at radius 3 is 2.71 bits per heavy atom. The Morgan fingerprint density at radius 1 is 1.53 bits per heavy atom. The first-order chi connectivity index (χ1) is 7.58. The number of halogens is 1. The highest BCUT2D eigenvalue weighted by Gasteiger charge is 2.33. The molecule has 0 saturated carbocycles. The van der Waals surface area contributed by atoms with Gasteiger partial charge in [-0.25, -0.2) is 0 Å². The van der Waals surface area contributed by atoms with E-state index in [0.717, 1.165) is 19.4 Å². The fraction of sp³-hybridized carbons (Fsp3) is 0.917. The van der Waals surface area contributed by atoms with Crippen LogP contribution in [-0.2, 0) is 9.53 Å². The van der Waals surface area contributed by atoms with Gasteiger partial charge in [0.1, 0.15) is 0 Å². The van der Waals surface area contributed by atoms with Crippen molar-refractivity contribution in [1.29, 1.82) is 0 Å². The largest absolute Gasteiger partial charge is 0.383 e. The van der Waals surface area contributed by atoms with Crippen molar-refractivity contribution < 1.29 is 9.53 Å². The van der Waals surface area contributed by atoms with Crippen LogP contribution in [0.5, 0.6) is 0 Å². The summed E-state index contributed by atoms with van der Waals surface area (Å²) < 4.78 is 5.23. The number of carbonyl (C=O) groups is 1. The molecule has 4 nitrogen and oxygen atoms in total. The highest BCUT2D eigenvalue weighted by molar-refractivity contribution is 5.85. The van der Waals surface area contributed by atoms with Gasteiger partial charge in [0.15, 0.2) is 0 Å². The molecule has 17 heavy (non-hydrogen) atoms. The Morgan fingerprint density at radius 2 is 2.24 bits per heavy atom. The molecular formula is C12H25ClN2O2. The second kappa shape index (κ2) is 7.90. The molecule has 0 radical (unpaired) electrons. The smallest absolute Gasteiger partial charge is 0.220 e. The van der Waals surface area contributed by atoms with Crippen LogP contribution in [0.15, 0.2) is 0 Å². The van der Waals surface area contributed by atoms with Crippen LogP contribution in [-0.4, -0.2) is 38.3 Å². The van der Waals surface area contributed by atoms with E-state index >= 15 is 0 Å². The second-order valence-electron chi connectivity index (χ2n) is 5.12. The van der Waals surface area contributed by atoms with Crippen LogP contribution in [0.2, 0.25) is 0 Å². The van der Waals surface area contributed by atoms with Crippen LogP contribution in [0.4, 0.5) is 0 Å². The number of methoxy groups -OCH3 is 1. The third-order valence-corrected chi connectivity index (χ3v) is 2.97. The van der Waals surface area contributed by atoms with Crippen molar-refractivity contribution in [3.63, 3.8) is 0 Å². The van der Waals surface area contributed by atoms with Crippen molar-refractivity contribution in [3.8, 4) is 0 Å². The van der Waals surface area contributed by atoms with Gasteiger partial charge in [0, 0.05) is 20.1 Å². The first kappa shape index (κ1) is 16.7. The van der Waals surface area contributed by atoms with E-state index in [1.165, 1.54) is 0 Å². The fourth-order valence-corrected chi connectivity index (χ4v) is 2.18. The fourth-order valence-electron chi connectivity index (χ4n) is 2.18. The maximum absolute atomic E-state index is 11.6. The van der Waals surface area contributed by atoms with Crippen LogP contribution in [0.3, 0.4) is 0 Å². The first-order valence-corrected chi connectivity index (χ1v) is 6.09. The highest BCUT2D eigenvalue weighted by atomic mass is 35.5. The summed E-state index contributed by atoms with van der Waals surface area (Å²) in [5.74, 6) is 0.550. The van der Waals surface area contributed by atoms with E-state index < -0.39 is 0 Å². The summed E-state index contributed by atoms with van der Waals surface area (Å²) in [6, 6.07) is 0. The Bertz CT molecular complexity index is 229. The number of rotatable bonds is 6. The van der Waals surface area contributed by atoms with Crippen molar-refractivity contribution in [1.82, 2.24) is 10.6 Å². The molecular weight excluding hydrogens is 240 g/mol. The van der Waals surface area contributed by atoms with Gasteiger partial charge in [-0.3, -0.25) is 4.79 Å². The topological polar surface area (TPSA) is 50.4 Å². The molecule has 1 fully saturated rings. The first-order valence-electron chi connectivity index (χ1n) is 6.09. The van der Waals surface area contributed by atoms with Crippen LogP contribution in [0.25, 0.3) is 0 Å². The minimum absolute atomic E-state index is 0.